The third kappa shape index (κ3) is 3.22. The van der Waals surface area contributed by atoms with Crippen LogP contribution in [0.15, 0.2) is 24.3 Å². The summed E-state index contributed by atoms with van der Waals surface area (Å²) in [6, 6.07) is 6.36. The lowest BCUT2D eigenvalue weighted by molar-refractivity contribution is -0.146. The van der Waals surface area contributed by atoms with Gasteiger partial charge in [0.2, 0.25) is 0 Å². The van der Waals surface area contributed by atoms with Crippen LogP contribution in [0, 0.1) is 0 Å². The fraction of sp³-hybridized carbons (Fsp3) is 0.200. The maximum absolute atomic E-state index is 11.5. The van der Waals surface area contributed by atoms with Crippen molar-refractivity contribution in [2.24, 2.45) is 0 Å². The zero-order valence-electron chi connectivity index (χ0n) is 8.18. The lowest BCUT2D eigenvalue weighted by Crippen LogP contribution is -2.36. The molecule has 1 amide bonds. The summed E-state index contributed by atoms with van der Waals surface area (Å²) in [5.41, 5.74) is 0.238. The fourth-order valence-corrected chi connectivity index (χ4v) is 1.24. The van der Waals surface area contributed by atoms with Crippen LogP contribution in [0.1, 0.15) is 10.4 Å². The van der Waals surface area contributed by atoms with Crippen LogP contribution in [0.25, 0.3) is 0 Å². The van der Waals surface area contributed by atoms with Gasteiger partial charge in [-0.15, -0.1) is 0 Å². The van der Waals surface area contributed by atoms with Crippen molar-refractivity contribution in [3.05, 3.63) is 34.9 Å². The van der Waals surface area contributed by atoms with E-state index in [0.717, 1.165) is 0 Å². The lowest BCUT2D eigenvalue weighted by atomic mass is 10.2. The second-order valence-electron chi connectivity index (χ2n) is 3.04. The molecule has 0 saturated carbocycles. The van der Waals surface area contributed by atoms with Gasteiger partial charge in [0.1, 0.15) is 0 Å². The first-order valence-electron chi connectivity index (χ1n) is 4.46. The minimum Gasteiger partial charge on any atom is -0.479 e. The van der Waals surface area contributed by atoms with E-state index in [9.17, 15) is 9.59 Å². The number of carboxylic acid groups (broad SMARTS) is 1. The molecule has 0 aromatic heterocycles. The first kappa shape index (κ1) is 12.5. The molecule has 1 rings (SSSR count). The Labute approximate surface area is 96.7 Å². The molecule has 0 aliphatic rings. The maximum atomic E-state index is 11.5. The molecule has 1 aromatic carbocycles. The number of aliphatic hydroxyl groups is 1. The summed E-state index contributed by atoms with van der Waals surface area (Å²) in [5, 5.41) is 19.9. The van der Waals surface area contributed by atoms with E-state index in [1.807, 2.05) is 0 Å². The van der Waals surface area contributed by atoms with Crippen LogP contribution in [0.2, 0.25) is 5.02 Å². The highest BCUT2D eigenvalue weighted by atomic mass is 35.5. The summed E-state index contributed by atoms with van der Waals surface area (Å²) in [5.74, 6) is -1.91. The molecule has 0 aliphatic carbocycles. The van der Waals surface area contributed by atoms with Crippen LogP contribution in [-0.4, -0.2) is 34.7 Å². The Hall–Kier alpha value is -1.59. The van der Waals surface area contributed by atoms with Gasteiger partial charge in [0.25, 0.3) is 5.91 Å². The average molecular weight is 244 g/mol. The van der Waals surface area contributed by atoms with Crippen LogP contribution in [0.4, 0.5) is 0 Å². The van der Waals surface area contributed by atoms with E-state index in [-0.39, 0.29) is 17.1 Å². The molecule has 0 aliphatic heterocycles. The molecule has 86 valence electrons. The van der Waals surface area contributed by atoms with Crippen LogP contribution >= 0.6 is 11.6 Å². The molecule has 1 aromatic rings. The van der Waals surface area contributed by atoms with E-state index in [2.05, 4.69) is 5.32 Å². The average Bonchev–Trinajstić information content (AvgIpc) is 2.25. The van der Waals surface area contributed by atoms with E-state index < -0.39 is 18.0 Å². The minimum atomic E-state index is -1.62. The Balaban J connectivity index is 2.60. The highest BCUT2D eigenvalue weighted by Gasteiger charge is 2.15. The molecule has 0 heterocycles. The number of halogens is 1. The first-order valence-corrected chi connectivity index (χ1v) is 4.83. The Morgan fingerprint density at radius 2 is 2.00 bits per heavy atom. The molecule has 5 nitrogen and oxygen atoms in total. The van der Waals surface area contributed by atoms with Crippen molar-refractivity contribution in [2.75, 3.05) is 6.54 Å². The number of hydrogen-bond acceptors (Lipinski definition) is 3. The molecule has 3 N–H and O–H groups in total. The van der Waals surface area contributed by atoms with Gasteiger partial charge in [0, 0.05) is 0 Å². The second kappa shape index (κ2) is 5.48. The van der Waals surface area contributed by atoms with Crippen molar-refractivity contribution in [1.82, 2.24) is 5.32 Å². The number of carboxylic acids is 1. The van der Waals surface area contributed by atoms with E-state index >= 15 is 0 Å². The van der Waals surface area contributed by atoms with Crippen LogP contribution in [-0.2, 0) is 4.79 Å². The predicted octanol–water partition coefficient (Wildman–Crippen LogP) is 0.515. The molecular weight excluding hydrogens is 234 g/mol. The normalized spacial score (nSPS) is 11.9. The summed E-state index contributed by atoms with van der Waals surface area (Å²) in [6.45, 7) is -0.362. The molecular formula is C10H10ClNO4. The van der Waals surface area contributed by atoms with Gasteiger partial charge in [-0.3, -0.25) is 4.79 Å². The van der Waals surface area contributed by atoms with E-state index in [1.54, 1.807) is 18.2 Å². The van der Waals surface area contributed by atoms with Crippen molar-refractivity contribution in [3.8, 4) is 0 Å². The molecule has 0 bridgehead atoms. The number of carbonyl (C=O) groups excluding carboxylic acids is 1. The van der Waals surface area contributed by atoms with Crippen molar-refractivity contribution < 1.29 is 19.8 Å². The number of rotatable bonds is 4. The summed E-state index contributed by atoms with van der Waals surface area (Å²) >= 11 is 5.76. The monoisotopic (exact) mass is 243 g/mol. The number of benzene rings is 1. The van der Waals surface area contributed by atoms with Crippen molar-refractivity contribution >= 4 is 23.5 Å². The van der Waals surface area contributed by atoms with E-state index in [4.69, 9.17) is 21.8 Å². The summed E-state index contributed by atoms with van der Waals surface area (Å²) in [6.07, 6.45) is -1.62. The van der Waals surface area contributed by atoms with Gasteiger partial charge in [-0.05, 0) is 12.1 Å². The topological polar surface area (TPSA) is 86.6 Å². The summed E-state index contributed by atoms with van der Waals surface area (Å²) in [7, 11) is 0. The van der Waals surface area contributed by atoms with Crippen molar-refractivity contribution in [2.45, 2.75) is 6.10 Å². The SMILES string of the molecule is O=C(NC[C@H](O)C(=O)O)c1ccccc1Cl. The molecule has 6 heteroatoms. The number of carbonyl (C=O) groups is 2. The van der Waals surface area contributed by atoms with Gasteiger partial charge in [0.15, 0.2) is 6.10 Å². The third-order valence-corrected chi connectivity index (χ3v) is 2.19. The minimum absolute atomic E-state index is 0.238. The molecule has 0 saturated heterocycles. The van der Waals surface area contributed by atoms with Gasteiger partial charge < -0.3 is 15.5 Å². The molecule has 0 spiro atoms. The number of nitrogens with one attached hydrogen (secondary N) is 1. The van der Waals surface area contributed by atoms with Crippen LogP contribution in [0.5, 0.6) is 0 Å². The number of hydrogen-bond donors (Lipinski definition) is 3. The van der Waals surface area contributed by atoms with Crippen molar-refractivity contribution in [1.29, 1.82) is 0 Å². The second-order valence-corrected chi connectivity index (χ2v) is 3.45. The van der Waals surface area contributed by atoms with Crippen LogP contribution in [0.3, 0.4) is 0 Å². The highest BCUT2D eigenvalue weighted by molar-refractivity contribution is 6.33. The number of amides is 1. The fourth-order valence-electron chi connectivity index (χ4n) is 1.02. The third-order valence-electron chi connectivity index (χ3n) is 1.86. The maximum Gasteiger partial charge on any atom is 0.334 e. The number of aliphatic hydroxyl groups excluding tert-OH is 1. The van der Waals surface area contributed by atoms with Gasteiger partial charge in [0.05, 0.1) is 17.1 Å². The molecule has 0 fully saturated rings. The van der Waals surface area contributed by atoms with E-state index in [1.165, 1.54) is 6.07 Å². The van der Waals surface area contributed by atoms with Gasteiger partial charge in [-0.2, -0.15) is 0 Å². The smallest absolute Gasteiger partial charge is 0.334 e. The molecule has 1 atom stereocenters. The Bertz CT molecular complexity index is 408. The van der Waals surface area contributed by atoms with E-state index in [0.29, 0.717) is 0 Å². The molecule has 0 unspecified atom stereocenters. The zero-order valence-corrected chi connectivity index (χ0v) is 8.94. The van der Waals surface area contributed by atoms with Crippen LogP contribution < -0.4 is 5.32 Å². The highest BCUT2D eigenvalue weighted by Crippen LogP contribution is 2.14. The summed E-state index contributed by atoms with van der Waals surface area (Å²) in [4.78, 5) is 21.8. The van der Waals surface area contributed by atoms with Gasteiger partial charge in [-0.25, -0.2) is 4.79 Å². The van der Waals surface area contributed by atoms with Gasteiger partial charge >= 0.3 is 5.97 Å². The first-order chi connectivity index (χ1) is 7.52. The van der Waals surface area contributed by atoms with Crippen molar-refractivity contribution in [3.63, 3.8) is 0 Å². The summed E-state index contributed by atoms with van der Waals surface area (Å²) < 4.78 is 0. The quantitative estimate of drug-likeness (QED) is 0.719. The molecule has 0 radical (unpaired) electrons. The predicted molar refractivity (Wildman–Crippen MR) is 57.4 cm³/mol. The largest absolute Gasteiger partial charge is 0.479 e. The Kier molecular flexibility index (Phi) is 4.28. The van der Waals surface area contributed by atoms with Gasteiger partial charge in [-0.1, -0.05) is 23.7 Å². The Morgan fingerprint density at radius 3 is 2.56 bits per heavy atom. The number of aliphatic carboxylic acids is 1. The zero-order chi connectivity index (χ0) is 12.1. The Morgan fingerprint density at radius 1 is 1.38 bits per heavy atom. The molecule has 16 heavy (non-hydrogen) atoms. The standard InChI is InChI=1S/C10H10ClNO4/c11-7-4-2-1-3-6(7)9(14)12-5-8(13)10(15)16/h1-4,8,13H,5H2,(H,12,14)(H,15,16)/t8-/m0/s1. The lowest BCUT2D eigenvalue weighted by Gasteiger charge is -2.08.